The van der Waals surface area contributed by atoms with Crippen molar-refractivity contribution >= 4 is 5.91 Å². The molecule has 1 amide bonds. The molecule has 0 aliphatic rings. The zero-order valence-electron chi connectivity index (χ0n) is 13.8. The molecule has 7 heteroatoms. The molecule has 0 fully saturated rings. The normalized spacial score (nSPS) is 10.5. The minimum Gasteiger partial charge on any atom is -0.345 e. The maximum absolute atomic E-state index is 13.1. The number of H-pyrrole nitrogens is 1. The first kappa shape index (κ1) is 16.5. The topological polar surface area (TPSA) is 77.7 Å². The quantitative estimate of drug-likeness (QED) is 0.795. The summed E-state index contributed by atoms with van der Waals surface area (Å²) in [6.45, 7) is 0.328. The number of aryl methyl sites for hydroxylation is 1. The molecule has 0 aliphatic heterocycles. The minimum absolute atomic E-state index is 0.199. The van der Waals surface area contributed by atoms with Crippen molar-refractivity contribution < 1.29 is 9.18 Å². The van der Waals surface area contributed by atoms with Crippen molar-refractivity contribution in [2.75, 3.05) is 7.05 Å². The molecular formula is C18H16FN5O. The largest absolute Gasteiger partial charge is 0.345 e. The van der Waals surface area contributed by atoms with Crippen LogP contribution >= 0.6 is 0 Å². The van der Waals surface area contributed by atoms with Gasteiger partial charge in [-0.1, -0.05) is 0 Å². The fourth-order valence-electron chi connectivity index (χ4n) is 2.66. The van der Waals surface area contributed by atoms with Crippen molar-refractivity contribution in [1.29, 1.82) is 5.26 Å². The van der Waals surface area contributed by atoms with Crippen LogP contribution in [0.25, 0.3) is 11.3 Å². The lowest BCUT2D eigenvalue weighted by molar-refractivity contribution is 0.0776. The number of carbonyl (C=O) groups excluding carboxylic acids is 1. The van der Waals surface area contributed by atoms with Gasteiger partial charge in [0.05, 0.1) is 17.5 Å². The summed E-state index contributed by atoms with van der Waals surface area (Å²) in [5.74, 6) is -0.510. The Kier molecular flexibility index (Phi) is 4.35. The lowest BCUT2D eigenvalue weighted by Gasteiger charge is -2.17. The van der Waals surface area contributed by atoms with Crippen LogP contribution in [0.15, 0.2) is 42.7 Å². The Morgan fingerprint density at radius 2 is 2.12 bits per heavy atom. The van der Waals surface area contributed by atoms with E-state index in [1.807, 2.05) is 6.07 Å². The van der Waals surface area contributed by atoms with E-state index in [0.717, 1.165) is 16.8 Å². The first-order chi connectivity index (χ1) is 12.0. The third-order valence-corrected chi connectivity index (χ3v) is 3.96. The van der Waals surface area contributed by atoms with Gasteiger partial charge in [0.15, 0.2) is 0 Å². The minimum atomic E-state index is -0.311. The van der Waals surface area contributed by atoms with Gasteiger partial charge in [0.25, 0.3) is 5.91 Å². The van der Waals surface area contributed by atoms with Crippen LogP contribution in [-0.4, -0.2) is 32.6 Å². The van der Waals surface area contributed by atoms with E-state index < -0.39 is 0 Å². The average molecular weight is 337 g/mol. The molecule has 126 valence electrons. The number of halogens is 1. The van der Waals surface area contributed by atoms with Gasteiger partial charge in [-0.15, -0.1) is 0 Å². The van der Waals surface area contributed by atoms with Crippen molar-refractivity contribution in [1.82, 2.24) is 19.7 Å². The maximum Gasteiger partial charge on any atom is 0.270 e. The Morgan fingerprint density at radius 1 is 1.40 bits per heavy atom. The number of nitriles is 1. The van der Waals surface area contributed by atoms with E-state index in [4.69, 9.17) is 5.26 Å². The molecule has 2 heterocycles. The zero-order valence-corrected chi connectivity index (χ0v) is 13.8. The smallest absolute Gasteiger partial charge is 0.270 e. The maximum atomic E-state index is 13.1. The number of hydrogen-bond acceptors (Lipinski definition) is 3. The predicted octanol–water partition coefficient (Wildman–Crippen LogP) is 2.70. The number of aromatic amines is 1. The standard InChI is InChI=1S/C18H16FN5O/c1-23-10-12(8-20)7-16(23)18(25)24(2)11-14-9-21-22-17(14)13-3-5-15(19)6-4-13/h3-7,9-10H,11H2,1-2H3,(H,21,22). The molecule has 0 bridgehead atoms. The lowest BCUT2D eigenvalue weighted by atomic mass is 10.1. The van der Waals surface area contributed by atoms with Gasteiger partial charge >= 0.3 is 0 Å². The van der Waals surface area contributed by atoms with Crippen LogP contribution in [0.3, 0.4) is 0 Å². The molecule has 3 aromatic rings. The van der Waals surface area contributed by atoms with Crippen LogP contribution in [-0.2, 0) is 13.6 Å². The third kappa shape index (κ3) is 3.28. The fraction of sp³-hybridized carbons (Fsp3) is 0.167. The predicted molar refractivity (Wildman–Crippen MR) is 89.9 cm³/mol. The summed E-state index contributed by atoms with van der Waals surface area (Å²) in [5, 5.41) is 15.9. The molecule has 0 unspecified atom stereocenters. The number of rotatable bonds is 4. The van der Waals surface area contributed by atoms with E-state index >= 15 is 0 Å². The number of nitrogens with one attached hydrogen (secondary N) is 1. The average Bonchev–Trinajstić information content (AvgIpc) is 3.21. The van der Waals surface area contributed by atoms with E-state index in [1.165, 1.54) is 12.1 Å². The number of carbonyl (C=O) groups is 1. The highest BCUT2D eigenvalue weighted by Gasteiger charge is 2.18. The van der Waals surface area contributed by atoms with Gasteiger partial charge in [-0.3, -0.25) is 9.89 Å². The summed E-state index contributed by atoms with van der Waals surface area (Å²) >= 11 is 0. The van der Waals surface area contributed by atoms with Gasteiger partial charge in [0.1, 0.15) is 17.6 Å². The number of hydrogen-bond donors (Lipinski definition) is 1. The highest BCUT2D eigenvalue weighted by atomic mass is 19.1. The van der Waals surface area contributed by atoms with Crippen LogP contribution in [0, 0.1) is 17.1 Å². The van der Waals surface area contributed by atoms with Gasteiger partial charge in [-0.05, 0) is 30.3 Å². The van der Waals surface area contributed by atoms with Crippen LogP contribution < -0.4 is 0 Å². The van der Waals surface area contributed by atoms with Gasteiger partial charge in [-0.25, -0.2) is 4.39 Å². The molecule has 1 N–H and O–H groups in total. The number of nitrogens with zero attached hydrogens (tertiary/aromatic N) is 4. The summed E-state index contributed by atoms with van der Waals surface area (Å²) in [7, 11) is 3.41. The molecule has 0 spiro atoms. The molecule has 25 heavy (non-hydrogen) atoms. The summed E-state index contributed by atoms with van der Waals surface area (Å²) in [6.07, 6.45) is 3.26. The second kappa shape index (κ2) is 6.61. The van der Waals surface area contributed by atoms with Gasteiger partial charge in [0.2, 0.25) is 0 Å². The summed E-state index contributed by atoms with van der Waals surface area (Å²) < 4.78 is 14.7. The van der Waals surface area contributed by atoms with Crippen molar-refractivity contribution in [2.24, 2.45) is 7.05 Å². The number of amides is 1. The monoisotopic (exact) mass is 337 g/mol. The first-order valence-electron chi connectivity index (χ1n) is 7.59. The second-order valence-corrected chi connectivity index (χ2v) is 5.78. The fourth-order valence-corrected chi connectivity index (χ4v) is 2.66. The molecule has 0 atom stereocenters. The molecule has 0 aliphatic carbocycles. The van der Waals surface area contributed by atoms with Gasteiger partial charge < -0.3 is 9.47 Å². The Morgan fingerprint density at radius 3 is 2.76 bits per heavy atom. The number of aromatic nitrogens is 3. The van der Waals surface area contributed by atoms with E-state index in [2.05, 4.69) is 10.2 Å². The Labute approximate surface area is 144 Å². The SMILES string of the molecule is CN(Cc1cn[nH]c1-c1ccc(F)cc1)C(=O)c1cc(C#N)cn1C. The molecule has 6 nitrogen and oxygen atoms in total. The van der Waals surface area contributed by atoms with Crippen molar-refractivity contribution in [3.05, 3.63) is 65.4 Å². The van der Waals surface area contributed by atoms with Gasteiger partial charge in [-0.2, -0.15) is 10.4 Å². The molecule has 1 aromatic carbocycles. The molecule has 0 saturated heterocycles. The zero-order chi connectivity index (χ0) is 18.0. The molecule has 0 radical (unpaired) electrons. The van der Waals surface area contributed by atoms with Crippen molar-refractivity contribution in [3.8, 4) is 17.3 Å². The Hall–Kier alpha value is -3.40. The van der Waals surface area contributed by atoms with Crippen LogP contribution in [0.1, 0.15) is 21.6 Å². The van der Waals surface area contributed by atoms with E-state index in [0.29, 0.717) is 17.8 Å². The first-order valence-corrected chi connectivity index (χ1v) is 7.59. The third-order valence-electron chi connectivity index (χ3n) is 3.96. The summed E-state index contributed by atoms with van der Waals surface area (Å²) in [5.41, 5.74) is 3.22. The lowest BCUT2D eigenvalue weighted by Crippen LogP contribution is -2.27. The van der Waals surface area contributed by atoms with Crippen LogP contribution in [0.5, 0.6) is 0 Å². The van der Waals surface area contributed by atoms with E-state index in [1.54, 1.807) is 54.2 Å². The van der Waals surface area contributed by atoms with Crippen LogP contribution in [0.4, 0.5) is 4.39 Å². The number of benzene rings is 1. The van der Waals surface area contributed by atoms with E-state index in [-0.39, 0.29) is 11.7 Å². The molecular weight excluding hydrogens is 321 g/mol. The molecule has 2 aromatic heterocycles. The Balaban J connectivity index is 1.82. The highest BCUT2D eigenvalue weighted by Crippen LogP contribution is 2.23. The summed E-state index contributed by atoms with van der Waals surface area (Å²) in [6, 6.07) is 9.66. The summed E-state index contributed by atoms with van der Waals surface area (Å²) in [4.78, 5) is 14.2. The highest BCUT2D eigenvalue weighted by molar-refractivity contribution is 5.93. The van der Waals surface area contributed by atoms with Crippen molar-refractivity contribution in [3.63, 3.8) is 0 Å². The van der Waals surface area contributed by atoms with Gasteiger partial charge in [0, 0.05) is 38.0 Å². The van der Waals surface area contributed by atoms with E-state index in [9.17, 15) is 9.18 Å². The Bertz CT molecular complexity index is 949. The second-order valence-electron chi connectivity index (χ2n) is 5.78. The van der Waals surface area contributed by atoms with Crippen molar-refractivity contribution in [2.45, 2.75) is 6.54 Å². The molecule has 0 saturated carbocycles. The van der Waals surface area contributed by atoms with Crippen LogP contribution in [0.2, 0.25) is 0 Å². The molecule has 3 rings (SSSR count).